The SMILES string of the molecule is CCOc1cc2c(cc1OCC)C(C)(C)C[C@@H]2N. The summed E-state index contributed by atoms with van der Waals surface area (Å²) < 4.78 is 11.3. The highest BCUT2D eigenvalue weighted by molar-refractivity contribution is 5.53. The second-order valence-corrected chi connectivity index (χ2v) is 5.45. The van der Waals surface area contributed by atoms with Crippen molar-refractivity contribution in [2.45, 2.75) is 45.6 Å². The number of hydrogen-bond donors (Lipinski definition) is 1. The lowest BCUT2D eigenvalue weighted by molar-refractivity contribution is 0.287. The van der Waals surface area contributed by atoms with E-state index in [4.69, 9.17) is 15.2 Å². The maximum atomic E-state index is 6.21. The molecule has 2 rings (SSSR count). The molecule has 0 heterocycles. The molecular weight excluding hydrogens is 226 g/mol. The summed E-state index contributed by atoms with van der Waals surface area (Å²) in [5.74, 6) is 1.64. The average molecular weight is 249 g/mol. The minimum Gasteiger partial charge on any atom is -0.490 e. The second-order valence-electron chi connectivity index (χ2n) is 5.45. The summed E-state index contributed by atoms with van der Waals surface area (Å²) in [4.78, 5) is 0. The van der Waals surface area contributed by atoms with Gasteiger partial charge in [0.2, 0.25) is 0 Å². The quantitative estimate of drug-likeness (QED) is 0.891. The molecule has 0 aromatic heterocycles. The first-order valence-electron chi connectivity index (χ1n) is 6.69. The number of fused-ring (bicyclic) bond motifs is 1. The smallest absolute Gasteiger partial charge is 0.161 e. The van der Waals surface area contributed by atoms with Crippen molar-refractivity contribution in [3.63, 3.8) is 0 Å². The highest BCUT2D eigenvalue weighted by Crippen LogP contribution is 2.47. The van der Waals surface area contributed by atoms with Crippen molar-refractivity contribution in [1.29, 1.82) is 0 Å². The van der Waals surface area contributed by atoms with Crippen molar-refractivity contribution in [1.82, 2.24) is 0 Å². The maximum Gasteiger partial charge on any atom is 0.161 e. The molecule has 0 saturated carbocycles. The predicted molar refractivity (Wildman–Crippen MR) is 73.4 cm³/mol. The number of rotatable bonds is 4. The van der Waals surface area contributed by atoms with Crippen LogP contribution in [0.5, 0.6) is 11.5 Å². The first-order valence-corrected chi connectivity index (χ1v) is 6.69. The second kappa shape index (κ2) is 4.81. The van der Waals surface area contributed by atoms with Gasteiger partial charge in [-0.15, -0.1) is 0 Å². The van der Waals surface area contributed by atoms with Gasteiger partial charge < -0.3 is 15.2 Å². The van der Waals surface area contributed by atoms with Gasteiger partial charge in [0.15, 0.2) is 11.5 Å². The normalized spacial score (nSPS) is 20.6. The van der Waals surface area contributed by atoms with E-state index in [1.54, 1.807) is 0 Å². The Morgan fingerprint density at radius 2 is 1.72 bits per heavy atom. The zero-order chi connectivity index (χ0) is 13.3. The lowest BCUT2D eigenvalue weighted by atomic mass is 9.86. The Kier molecular flexibility index (Phi) is 3.53. The van der Waals surface area contributed by atoms with Gasteiger partial charge in [-0.2, -0.15) is 0 Å². The Labute approximate surface area is 109 Å². The average Bonchev–Trinajstić information content (AvgIpc) is 2.51. The van der Waals surface area contributed by atoms with Gasteiger partial charge in [0, 0.05) is 6.04 Å². The Morgan fingerprint density at radius 1 is 1.17 bits per heavy atom. The zero-order valence-electron chi connectivity index (χ0n) is 11.7. The number of nitrogens with two attached hydrogens (primary N) is 1. The fourth-order valence-corrected chi connectivity index (χ4v) is 2.77. The molecule has 1 aromatic carbocycles. The van der Waals surface area contributed by atoms with E-state index in [-0.39, 0.29) is 11.5 Å². The molecule has 0 radical (unpaired) electrons. The third-order valence-electron chi connectivity index (χ3n) is 3.57. The van der Waals surface area contributed by atoms with Crippen molar-refractivity contribution < 1.29 is 9.47 Å². The van der Waals surface area contributed by atoms with E-state index in [1.165, 1.54) is 11.1 Å². The Balaban J connectivity index is 2.50. The van der Waals surface area contributed by atoms with Crippen molar-refractivity contribution in [2.24, 2.45) is 5.73 Å². The lowest BCUT2D eigenvalue weighted by Gasteiger charge is -2.20. The molecule has 18 heavy (non-hydrogen) atoms. The fraction of sp³-hybridized carbons (Fsp3) is 0.600. The predicted octanol–water partition coefficient (Wildman–Crippen LogP) is 3.17. The molecule has 0 aliphatic heterocycles. The van der Waals surface area contributed by atoms with E-state index >= 15 is 0 Å². The van der Waals surface area contributed by atoms with E-state index in [0.717, 1.165) is 17.9 Å². The van der Waals surface area contributed by atoms with Crippen LogP contribution >= 0.6 is 0 Å². The van der Waals surface area contributed by atoms with Gasteiger partial charge in [0.1, 0.15) is 0 Å². The van der Waals surface area contributed by atoms with E-state index in [1.807, 2.05) is 13.8 Å². The van der Waals surface area contributed by atoms with Gasteiger partial charge in [-0.25, -0.2) is 0 Å². The monoisotopic (exact) mass is 249 g/mol. The van der Waals surface area contributed by atoms with Crippen molar-refractivity contribution in [3.8, 4) is 11.5 Å². The van der Waals surface area contributed by atoms with Crippen LogP contribution in [0.1, 0.15) is 51.3 Å². The topological polar surface area (TPSA) is 44.5 Å². The van der Waals surface area contributed by atoms with Crippen molar-refractivity contribution >= 4 is 0 Å². The summed E-state index contributed by atoms with van der Waals surface area (Å²) in [7, 11) is 0. The largest absolute Gasteiger partial charge is 0.490 e. The van der Waals surface area contributed by atoms with Gasteiger partial charge >= 0.3 is 0 Å². The van der Waals surface area contributed by atoms with Crippen LogP contribution in [0.2, 0.25) is 0 Å². The zero-order valence-corrected chi connectivity index (χ0v) is 11.7. The molecule has 3 heteroatoms. The standard InChI is InChI=1S/C15H23NO2/c1-5-17-13-7-10-11(8-14(13)18-6-2)15(3,4)9-12(10)16/h7-8,12H,5-6,9,16H2,1-4H3/t12-/m0/s1. The first kappa shape index (κ1) is 13.2. The van der Waals surface area contributed by atoms with E-state index in [0.29, 0.717) is 13.2 Å². The minimum atomic E-state index is 0.102. The van der Waals surface area contributed by atoms with Crippen LogP contribution in [0.4, 0.5) is 0 Å². The molecule has 1 aliphatic carbocycles. The highest BCUT2D eigenvalue weighted by atomic mass is 16.5. The number of benzene rings is 1. The summed E-state index contributed by atoms with van der Waals surface area (Å²) in [5, 5.41) is 0. The lowest BCUT2D eigenvalue weighted by Crippen LogP contribution is -2.14. The molecule has 0 spiro atoms. The van der Waals surface area contributed by atoms with Gasteiger partial charge in [-0.1, -0.05) is 13.8 Å². The molecule has 0 bridgehead atoms. The Bertz CT molecular complexity index is 440. The molecule has 0 fully saturated rings. The van der Waals surface area contributed by atoms with Crippen LogP contribution in [-0.4, -0.2) is 13.2 Å². The summed E-state index contributed by atoms with van der Waals surface area (Å²) in [6, 6.07) is 4.27. The van der Waals surface area contributed by atoms with Crippen LogP contribution in [0.3, 0.4) is 0 Å². The molecule has 0 amide bonds. The van der Waals surface area contributed by atoms with Crippen LogP contribution in [-0.2, 0) is 5.41 Å². The third-order valence-corrected chi connectivity index (χ3v) is 3.57. The third kappa shape index (κ3) is 2.19. The van der Waals surface area contributed by atoms with Crippen LogP contribution in [0.15, 0.2) is 12.1 Å². The van der Waals surface area contributed by atoms with E-state index in [2.05, 4.69) is 26.0 Å². The minimum absolute atomic E-state index is 0.102. The van der Waals surface area contributed by atoms with Gasteiger partial charge in [-0.3, -0.25) is 0 Å². The molecule has 1 atom stereocenters. The molecule has 0 saturated heterocycles. The van der Waals surface area contributed by atoms with Gasteiger partial charge in [-0.05, 0) is 48.9 Å². The molecule has 3 nitrogen and oxygen atoms in total. The Hall–Kier alpha value is -1.22. The van der Waals surface area contributed by atoms with Crippen LogP contribution in [0.25, 0.3) is 0 Å². The molecule has 1 aliphatic rings. The maximum absolute atomic E-state index is 6.21. The van der Waals surface area contributed by atoms with Gasteiger partial charge in [0.25, 0.3) is 0 Å². The highest BCUT2D eigenvalue weighted by Gasteiger charge is 2.36. The number of ether oxygens (including phenoxy) is 2. The van der Waals surface area contributed by atoms with E-state index < -0.39 is 0 Å². The summed E-state index contributed by atoms with van der Waals surface area (Å²) in [6.07, 6.45) is 0.976. The molecule has 1 aromatic rings. The first-order chi connectivity index (χ1) is 8.49. The van der Waals surface area contributed by atoms with Gasteiger partial charge in [0.05, 0.1) is 13.2 Å². The molecule has 0 unspecified atom stereocenters. The fourth-order valence-electron chi connectivity index (χ4n) is 2.77. The molecule has 2 N–H and O–H groups in total. The van der Waals surface area contributed by atoms with E-state index in [9.17, 15) is 0 Å². The van der Waals surface area contributed by atoms with Crippen molar-refractivity contribution in [2.75, 3.05) is 13.2 Å². The van der Waals surface area contributed by atoms with Crippen molar-refractivity contribution in [3.05, 3.63) is 23.3 Å². The molecular formula is C15H23NO2. The van der Waals surface area contributed by atoms with Crippen LogP contribution < -0.4 is 15.2 Å². The van der Waals surface area contributed by atoms with Crippen LogP contribution in [0, 0.1) is 0 Å². The molecule has 100 valence electrons. The summed E-state index contributed by atoms with van der Waals surface area (Å²) in [5.41, 5.74) is 8.83. The number of hydrogen-bond acceptors (Lipinski definition) is 3. The summed E-state index contributed by atoms with van der Waals surface area (Å²) in [6.45, 7) is 9.71. The Morgan fingerprint density at radius 3 is 2.28 bits per heavy atom. The summed E-state index contributed by atoms with van der Waals surface area (Å²) >= 11 is 0.